The summed E-state index contributed by atoms with van der Waals surface area (Å²) >= 11 is 9.68. The molecule has 2 rings (SSSR count). The van der Waals surface area contributed by atoms with Crippen LogP contribution in [0.5, 0.6) is 0 Å². The third-order valence-corrected chi connectivity index (χ3v) is 3.74. The summed E-state index contributed by atoms with van der Waals surface area (Å²) in [4.78, 5) is 0. The Bertz CT molecular complexity index is 552. The van der Waals surface area contributed by atoms with E-state index in [9.17, 15) is 0 Å². The van der Waals surface area contributed by atoms with Crippen molar-refractivity contribution in [3.63, 3.8) is 0 Å². The van der Waals surface area contributed by atoms with Crippen LogP contribution in [-0.4, -0.2) is 16.3 Å². The molecule has 0 bridgehead atoms. The number of rotatable bonds is 7. The SMILES string of the molecule is CCCNC(c1ccc(Br)o1)c1c(Cl)cnn1CCC. The molecule has 4 nitrogen and oxygen atoms in total. The maximum absolute atomic E-state index is 6.33. The Morgan fingerprint density at radius 1 is 1.40 bits per heavy atom. The average molecular weight is 361 g/mol. The lowest BCUT2D eigenvalue weighted by atomic mass is 10.1. The van der Waals surface area contributed by atoms with Crippen molar-refractivity contribution in [1.29, 1.82) is 0 Å². The molecule has 2 aromatic heterocycles. The van der Waals surface area contributed by atoms with E-state index in [0.29, 0.717) is 9.69 Å². The van der Waals surface area contributed by atoms with E-state index in [0.717, 1.165) is 37.4 Å². The highest BCUT2D eigenvalue weighted by molar-refractivity contribution is 9.10. The standard InChI is InChI=1S/C14H19BrClN3O/c1-3-7-17-13(11-5-6-12(15)20-11)14-10(16)9-18-19(14)8-4-2/h5-6,9,13,17H,3-4,7-8H2,1-2H3. The molecule has 6 heteroatoms. The molecule has 0 aliphatic carbocycles. The fourth-order valence-corrected chi connectivity index (χ4v) is 2.72. The Balaban J connectivity index is 2.37. The maximum Gasteiger partial charge on any atom is 0.169 e. The average Bonchev–Trinajstić information content (AvgIpc) is 3.00. The topological polar surface area (TPSA) is 43.0 Å². The predicted molar refractivity (Wildman–Crippen MR) is 84.1 cm³/mol. The molecule has 0 fully saturated rings. The highest BCUT2D eigenvalue weighted by atomic mass is 79.9. The van der Waals surface area contributed by atoms with E-state index in [1.807, 2.05) is 16.8 Å². The zero-order valence-electron chi connectivity index (χ0n) is 11.7. The Kier molecular flexibility index (Phi) is 5.69. The fraction of sp³-hybridized carbons (Fsp3) is 0.500. The Labute approximate surface area is 132 Å². The fourth-order valence-electron chi connectivity index (χ4n) is 2.15. The first-order valence-corrected chi connectivity index (χ1v) is 8.04. The summed E-state index contributed by atoms with van der Waals surface area (Å²) in [6, 6.07) is 3.77. The summed E-state index contributed by atoms with van der Waals surface area (Å²) in [5.41, 5.74) is 0.962. The molecule has 1 unspecified atom stereocenters. The zero-order chi connectivity index (χ0) is 14.5. The molecule has 1 atom stereocenters. The van der Waals surface area contributed by atoms with Crippen LogP contribution in [0.3, 0.4) is 0 Å². The lowest BCUT2D eigenvalue weighted by Gasteiger charge is -2.18. The van der Waals surface area contributed by atoms with Gasteiger partial charge in [-0.25, -0.2) is 0 Å². The zero-order valence-corrected chi connectivity index (χ0v) is 14.0. The third kappa shape index (κ3) is 3.45. The predicted octanol–water partition coefficient (Wildman–Crippen LogP) is 4.39. The second-order valence-corrected chi connectivity index (χ2v) is 5.82. The molecule has 110 valence electrons. The monoisotopic (exact) mass is 359 g/mol. The summed E-state index contributed by atoms with van der Waals surface area (Å²) in [7, 11) is 0. The summed E-state index contributed by atoms with van der Waals surface area (Å²) < 4.78 is 8.38. The first-order chi connectivity index (χ1) is 9.67. The quantitative estimate of drug-likeness (QED) is 0.796. The lowest BCUT2D eigenvalue weighted by molar-refractivity contribution is 0.413. The van der Waals surface area contributed by atoms with E-state index in [-0.39, 0.29) is 6.04 Å². The minimum Gasteiger partial charge on any atom is -0.452 e. The van der Waals surface area contributed by atoms with Crippen LogP contribution in [0.25, 0.3) is 0 Å². The number of halogens is 2. The van der Waals surface area contributed by atoms with E-state index in [2.05, 4.69) is 40.2 Å². The molecule has 0 saturated carbocycles. The third-order valence-electron chi connectivity index (χ3n) is 3.02. The van der Waals surface area contributed by atoms with Gasteiger partial charge in [0.25, 0.3) is 0 Å². The summed E-state index contributed by atoms with van der Waals surface area (Å²) in [5, 5.41) is 8.51. The number of nitrogens with zero attached hydrogens (tertiary/aromatic N) is 2. The Hall–Kier alpha value is -0.780. The number of hydrogen-bond acceptors (Lipinski definition) is 3. The van der Waals surface area contributed by atoms with Gasteiger partial charge in [-0.1, -0.05) is 25.4 Å². The first-order valence-electron chi connectivity index (χ1n) is 6.87. The molecule has 0 spiro atoms. The Morgan fingerprint density at radius 2 is 2.20 bits per heavy atom. The minimum atomic E-state index is -0.0807. The van der Waals surface area contributed by atoms with Gasteiger partial charge in [-0.2, -0.15) is 5.10 Å². The van der Waals surface area contributed by atoms with Gasteiger partial charge in [-0.3, -0.25) is 4.68 Å². The number of aromatic nitrogens is 2. The van der Waals surface area contributed by atoms with Crippen molar-refractivity contribution in [3.05, 3.63) is 39.5 Å². The van der Waals surface area contributed by atoms with E-state index in [1.54, 1.807) is 6.20 Å². The van der Waals surface area contributed by atoms with Crippen LogP contribution < -0.4 is 5.32 Å². The molecule has 0 aromatic carbocycles. The number of furan rings is 1. The van der Waals surface area contributed by atoms with Crippen LogP contribution in [0, 0.1) is 0 Å². The highest BCUT2D eigenvalue weighted by Crippen LogP contribution is 2.30. The van der Waals surface area contributed by atoms with Crippen LogP contribution in [0.2, 0.25) is 5.02 Å². The second-order valence-electron chi connectivity index (χ2n) is 4.63. The van der Waals surface area contributed by atoms with Gasteiger partial charge in [0.1, 0.15) is 11.8 Å². The molecule has 0 amide bonds. The molecule has 2 heterocycles. The molecule has 2 aromatic rings. The van der Waals surface area contributed by atoms with E-state index >= 15 is 0 Å². The van der Waals surface area contributed by atoms with Gasteiger partial charge in [0.05, 0.1) is 16.9 Å². The molecule has 1 N–H and O–H groups in total. The summed E-state index contributed by atoms with van der Waals surface area (Å²) in [6.07, 6.45) is 3.75. The van der Waals surface area contributed by atoms with Crippen molar-refractivity contribution < 1.29 is 4.42 Å². The van der Waals surface area contributed by atoms with Crippen molar-refractivity contribution in [1.82, 2.24) is 15.1 Å². The van der Waals surface area contributed by atoms with Crippen LogP contribution in [0.4, 0.5) is 0 Å². The summed E-state index contributed by atoms with van der Waals surface area (Å²) in [5.74, 6) is 0.838. The smallest absolute Gasteiger partial charge is 0.169 e. The molecule has 0 saturated heterocycles. The van der Waals surface area contributed by atoms with Gasteiger partial charge in [0.2, 0.25) is 0 Å². The minimum absolute atomic E-state index is 0.0807. The van der Waals surface area contributed by atoms with E-state index in [4.69, 9.17) is 16.0 Å². The van der Waals surface area contributed by atoms with Gasteiger partial charge < -0.3 is 9.73 Å². The van der Waals surface area contributed by atoms with Gasteiger partial charge in [-0.15, -0.1) is 0 Å². The van der Waals surface area contributed by atoms with Crippen LogP contribution in [0.15, 0.2) is 27.4 Å². The van der Waals surface area contributed by atoms with Crippen LogP contribution in [0.1, 0.15) is 44.2 Å². The van der Waals surface area contributed by atoms with Crippen molar-refractivity contribution in [2.45, 2.75) is 39.3 Å². The number of hydrogen-bond donors (Lipinski definition) is 1. The van der Waals surface area contributed by atoms with Crippen molar-refractivity contribution in [2.75, 3.05) is 6.54 Å². The van der Waals surface area contributed by atoms with Gasteiger partial charge in [-0.05, 0) is 47.4 Å². The van der Waals surface area contributed by atoms with Gasteiger partial charge in [0, 0.05) is 6.54 Å². The van der Waals surface area contributed by atoms with E-state index < -0.39 is 0 Å². The molecular weight excluding hydrogens is 342 g/mol. The molecular formula is C14H19BrClN3O. The van der Waals surface area contributed by atoms with E-state index in [1.165, 1.54) is 0 Å². The molecule has 0 radical (unpaired) electrons. The Morgan fingerprint density at radius 3 is 2.80 bits per heavy atom. The number of nitrogens with one attached hydrogen (secondary N) is 1. The second kappa shape index (κ2) is 7.29. The summed E-state index contributed by atoms with van der Waals surface area (Å²) in [6.45, 7) is 5.98. The van der Waals surface area contributed by atoms with Crippen molar-refractivity contribution in [3.8, 4) is 0 Å². The maximum atomic E-state index is 6.33. The number of aryl methyl sites for hydroxylation is 1. The lowest BCUT2D eigenvalue weighted by Crippen LogP contribution is -2.26. The highest BCUT2D eigenvalue weighted by Gasteiger charge is 2.24. The van der Waals surface area contributed by atoms with Gasteiger partial charge >= 0.3 is 0 Å². The van der Waals surface area contributed by atoms with Gasteiger partial charge in [0.15, 0.2) is 4.67 Å². The van der Waals surface area contributed by atoms with Crippen molar-refractivity contribution in [2.24, 2.45) is 0 Å². The molecule has 0 aliphatic heterocycles. The molecule has 20 heavy (non-hydrogen) atoms. The largest absolute Gasteiger partial charge is 0.452 e. The van der Waals surface area contributed by atoms with Crippen molar-refractivity contribution >= 4 is 27.5 Å². The van der Waals surface area contributed by atoms with Crippen LogP contribution in [-0.2, 0) is 6.54 Å². The first kappa shape index (κ1) is 15.6. The normalized spacial score (nSPS) is 12.8. The van der Waals surface area contributed by atoms with Crippen LogP contribution >= 0.6 is 27.5 Å². The molecule has 0 aliphatic rings.